The number of hydrogen-bond donors (Lipinski definition) is 1. The Kier molecular flexibility index (Phi) is 4.73. The van der Waals surface area contributed by atoms with Crippen molar-refractivity contribution in [3.05, 3.63) is 0 Å². The van der Waals surface area contributed by atoms with Gasteiger partial charge in [-0.25, -0.2) is 8.78 Å². The second kappa shape index (κ2) is 6.09. The molecular weight excluding hydrogens is 292 g/mol. The van der Waals surface area contributed by atoms with Crippen LogP contribution in [0.2, 0.25) is 0 Å². The lowest BCUT2D eigenvalue weighted by Gasteiger charge is -2.37. The first-order chi connectivity index (χ1) is 10.1. The van der Waals surface area contributed by atoms with Crippen LogP contribution in [0.4, 0.5) is 8.78 Å². The van der Waals surface area contributed by atoms with Gasteiger partial charge in [-0.3, -0.25) is 9.69 Å². The summed E-state index contributed by atoms with van der Waals surface area (Å²) in [4.78, 5) is 15.5. The molecule has 0 aromatic heterocycles. The number of aliphatic hydroxyl groups is 1. The Morgan fingerprint density at radius 2 is 2.18 bits per heavy atom. The first kappa shape index (κ1) is 17.1. The molecule has 2 heterocycles. The topological polar surface area (TPSA) is 67.6 Å². The lowest BCUT2D eigenvalue weighted by molar-refractivity contribution is -0.134. The van der Waals surface area contributed by atoms with E-state index in [9.17, 15) is 23.9 Å². The highest BCUT2D eigenvalue weighted by Gasteiger charge is 2.45. The number of alkyl halides is 2. The molecule has 1 unspecified atom stereocenters. The van der Waals surface area contributed by atoms with Gasteiger partial charge >= 0.3 is 0 Å². The van der Waals surface area contributed by atoms with E-state index in [0.717, 1.165) is 0 Å². The van der Waals surface area contributed by atoms with Crippen molar-refractivity contribution in [3.63, 3.8) is 0 Å². The lowest BCUT2D eigenvalue weighted by Crippen LogP contribution is -2.47. The van der Waals surface area contributed by atoms with Gasteiger partial charge in [-0.15, -0.1) is 0 Å². The minimum Gasteiger partial charge on any atom is -0.391 e. The van der Waals surface area contributed by atoms with E-state index in [1.807, 2.05) is 6.07 Å². The van der Waals surface area contributed by atoms with Gasteiger partial charge in [0.15, 0.2) is 0 Å². The van der Waals surface area contributed by atoms with Gasteiger partial charge in [0.2, 0.25) is 5.91 Å². The molecule has 0 aliphatic carbocycles. The molecule has 1 N–H and O–H groups in total. The molecule has 2 rings (SSSR count). The number of hydrogen-bond acceptors (Lipinski definition) is 4. The quantitative estimate of drug-likeness (QED) is 0.847. The third kappa shape index (κ3) is 3.73. The van der Waals surface area contributed by atoms with Crippen molar-refractivity contribution in [1.82, 2.24) is 9.80 Å². The van der Waals surface area contributed by atoms with Crippen molar-refractivity contribution < 1.29 is 18.7 Å². The van der Waals surface area contributed by atoms with Crippen molar-refractivity contribution >= 4 is 5.91 Å². The molecule has 2 aliphatic heterocycles. The van der Waals surface area contributed by atoms with Crippen LogP contribution in [-0.4, -0.2) is 64.6 Å². The van der Waals surface area contributed by atoms with Crippen LogP contribution in [0.3, 0.4) is 0 Å². The zero-order chi connectivity index (χ0) is 16.5. The normalized spacial score (nSPS) is 26.9. The van der Waals surface area contributed by atoms with E-state index < -0.39 is 23.5 Å². The van der Waals surface area contributed by atoms with Gasteiger partial charge in [-0.1, -0.05) is 0 Å². The zero-order valence-electron chi connectivity index (χ0n) is 13.1. The Morgan fingerprint density at radius 1 is 1.50 bits per heavy atom. The van der Waals surface area contributed by atoms with Crippen LogP contribution in [0.15, 0.2) is 0 Å². The molecule has 7 heteroatoms. The smallest absolute Gasteiger partial charge is 0.261 e. The van der Waals surface area contributed by atoms with Crippen LogP contribution in [-0.2, 0) is 4.79 Å². The monoisotopic (exact) mass is 315 g/mol. The summed E-state index contributed by atoms with van der Waals surface area (Å²) >= 11 is 0. The highest BCUT2D eigenvalue weighted by Crippen LogP contribution is 2.35. The third-order valence-electron chi connectivity index (χ3n) is 4.66. The molecule has 0 aromatic rings. The van der Waals surface area contributed by atoms with Gasteiger partial charge in [0.05, 0.1) is 18.7 Å². The number of carbonyl (C=O) groups is 1. The second-order valence-corrected chi connectivity index (χ2v) is 6.95. The molecule has 0 radical (unpaired) electrons. The van der Waals surface area contributed by atoms with Gasteiger partial charge < -0.3 is 10.0 Å². The minimum atomic E-state index is -2.69. The van der Waals surface area contributed by atoms with Crippen LogP contribution in [0.5, 0.6) is 0 Å². The fourth-order valence-corrected chi connectivity index (χ4v) is 3.23. The average Bonchev–Trinajstić information content (AvgIpc) is 3.01. The molecule has 0 bridgehead atoms. The van der Waals surface area contributed by atoms with Crippen molar-refractivity contribution in [3.8, 4) is 6.07 Å². The number of aliphatic hydroxyl groups excluding tert-OH is 1. The fraction of sp³-hybridized carbons (Fsp3) is 0.867. The fourth-order valence-electron chi connectivity index (χ4n) is 3.23. The molecule has 2 fully saturated rings. The Labute approximate surface area is 129 Å². The number of rotatable bonds is 4. The molecule has 124 valence electrons. The molecule has 5 nitrogen and oxygen atoms in total. The van der Waals surface area contributed by atoms with Crippen LogP contribution in [0.25, 0.3) is 0 Å². The maximum absolute atomic E-state index is 13.4. The predicted octanol–water partition coefficient (Wildman–Crippen LogP) is 1.23. The highest BCUT2D eigenvalue weighted by atomic mass is 19.3. The van der Waals surface area contributed by atoms with Crippen molar-refractivity contribution in [2.24, 2.45) is 5.92 Å². The predicted molar refractivity (Wildman–Crippen MR) is 76.1 cm³/mol. The number of nitriles is 1. The largest absolute Gasteiger partial charge is 0.391 e. The summed E-state index contributed by atoms with van der Waals surface area (Å²) in [6, 6.07) is 2.01. The summed E-state index contributed by atoms with van der Waals surface area (Å²) < 4.78 is 26.8. The molecule has 22 heavy (non-hydrogen) atoms. The SMILES string of the molecule is CC(C)(CC(C#N)C(=O)N1CC[C@H](O)C1)N1CCC(F)(F)C1. The molecule has 0 saturated carbocycles. The van der Waals surface area contributed by atoms with Crippen LogP contribution >= 0.6 is 0 Å². The number of nitrogens with zero attached hydrogens (tertiary/aromatic N) is 3. The number of amides is 1. The van der Waals surface area contributed by atoms with Crippen LogP contribution < -0.4 is 0 Å². The number of halogens is 2. The Bertz CT molecular complexity index is 476. The van der Waals surface area contributed by atoms with Gasteiger partial charge in [-0.2, -0.15) is 5.26 Å². The number of β-amino-alcohol motifs (C(OH)–C–C–N with tert-alkyl or cyclic N) is 1. The van der Waals surface area contributed by atoms with E-state index in [1.165, 1.54) is 4.90 Å². The summed E-state index contributed by atoms with van der Waals surface area (Å²) in [6.45, 7) is 4.23. The standard InChI is InChI=1S/C15H23F2N3O2/c1-14(2,20-6-4-15(16,17)10-20)7-11(8-18)13(22)19-5-3-12(21)9-19/h11-12,21H,3-7,9-10H2,1-2H3/t11?,12-/m0/s1. The van der Waals surface area contributed by atoms with E-state index in [4.69, 9.17) is 0 Å². The summed E-state index contributed by atoms with van der Waals surface area (Å²) in [5.74, 6) is -3.87. The van der Waals surface area contributed by atoms with Crippen LogP contribution in [0.1, 0.15) is 33.1 Å². The third-order valence-corrected chi connectivity index (χ3v) is 4.66. The van der Waals surface area contributed by atoms with Crippen molar-refractivity contribution in [2.45, 2.75) is 50.7 Å². The summed E-state index contributed by atoms with van der Waals surface area (Å²) in [6.07, 6.45) is 0.0184. The highest BCUT2D eigenvalue weighted by molar-refractivity contribution is 5.81. The van der Waals surface area contributed by atoms with E-state index in [1.54, 1.807) is 18.7 Å². The molecule has 2 aliphatic rings. The van der Waals surface area contributed by atoms with E-state index in [-0.39, 0.29) is 38.4 Å². The maximum Gasteiger partial charge on any atom is 0.261 e. The summed E-state index contributed by atoms with van der Waals surface area (Å²) in [5, 5.41) is 18.8. The van der Waals surface area contributed by atoms with E-state index in [2.05, 4.69) is 0 Å². The van der Waals surface area contributed by atoms with E-state index >= 15 is 0 Å². The van der Waals surface area contributed by atoms with E-state index in [0.29, 0.717) is 13.0 Å². The Morgan fingerprint density at radius 3 is 2.64 bits per heavy atom. The molecular formula is C15H23F2N3O2. The molecule has 1 amide bonds. The van der Waals surface area contributed by atoms with Gasteiger partial charge in [-0.05, 0) is 26.7 Å². The second-order valence-electron chi connectivity index (χ2n) is 6.95. The minimum absolute atomic E-state index is 0.181. The maximum atomic E-state index is 13.4. The van der Waals surface area contributed by atoms with Crippen molar-refractivity contribution in [1.29, 1.82) is 5.26 Å². The molecule has 2 atom stereocenters. The molecule has 0 aromatic carbocycles. The number of likely N-dealkylation sites (tertiary alicyclic amines) is 2. The number of carbonyl (C=O) groups excluding carboxylic acids is 1. The van der Waals surface area contributed by atoms with Gasteiger partial charge in [0.25, 0.3) is 5.92 Å². The molecule has 2 saturated heterocycles. The Balaban J connectivity index is 2.00. The first-order valence-electron chi connectivity index (χ1n) is 7.64. The summed E-state index contributed by atoms with van der Waals surface area (Å²) in [5.41, 5.74) is -0.645. The van der Waals surface area contributed by atoms with Crippen molar-refractivity contribution in [2.75, 3.05) is 26.2 Å². The first-order valence-corrected chi connectivity index (χ1v) is 7.64. The average molecular weight is 315 g/mol. The molecule has 0 spiro atoms. The van der Waals surface area contributed by atoms with Gasteiger partial charge in [0.1, 0.15) is 5.92 Å². The van der Waals surface area contributed by atoms with Crippen LogP contribution in [0, 0.1) is 17.2 Å². The lowest BCUT2D eigenvalue weighted by atomic mass is 9.89. The zero-order valence-corrected chi connectivity index (χ0v) is 13.1. The summed E-state index contributed by atoms with van der Waals surface area (Å²) in [7, 11) is 0. The Hall–Kier alpha value is -1.26. The van der Waals surface area contributed by atoms with Gasteiger partial charge in [0, 0.05) is 31.6 Å².